The van der Waals surface area contributed by atoms with E-state index < -0.39 is 11.6 Å². The lowest BCUT2D eigenvalue weighted by Crippen LogP contribution is -2.23. The van der Waals surface area contributed by atoms with Gasteiger partial charge < -0.3 is 5.32 Å². The molecule has 1 fully saturated rings. The molecule has 0 radical (unpaired) electrons. The number of nitrogens with one attached hydrogen (secondary N) is 1. The van der Waals surface area contributed by atoms with E-state index in [1.807, 2.05) is 6.92 Å². The molecular weight excluding hydrogens is 268 g/mol. The summed E-state index contributed by atoms with van der Waals surface area (Å²) in [5.41, 5.74) is 0.675. The molecule has 0 amide bonds. The van der Waals surface area contributed by atoms with Gasteiger partial charge in [-0.25, -0.2) is 8.78 Å². The summed E-state index contributed by atoms with van der Waals surface area (Å²) in [7, 11) is 0. The molecule has 1 unspecified atom stereocenters. The maximum Gasteiger partial charge on any atom is 0.160 e. The van der Waals surface area contributed by atoms with E-state index in [9.17, 15) is 8.78 Å². The second kappa shape index (κ2) is 6.67. The van der Waals surface area contributed by atoms with Crippen molar-refractivity contribution in [3.63, 3.8) is 0 Å². The number of hydrogen-bond acceptors (Lipinski definition) is 1. The number of rotatable bonds is 5. The first-order chi connectivity index (χ1) is 9.11. The van der Waals surface area contributed by atoms with Crippen LogP contribution in [0.4, 0.5) is 8.78 Å². The normalized spacial score (nSPS) is 17.9. The molecule has 1 N–H and O–H groups in total. The van der Waals surface area contributed by atoms with Crippen LogP contribution in [0.5, 0.6) is 0 Å². The summed E-state index contributed by atoms with van der Waals surface area (Å²) in [5.74, 6) is -1.05. The Balaban J connectivity index is 2.19. The number of benzene rings is 1. The Morgan fingerprint density at radius 2 is 1.89 bits per heavy atom. The van der Waals surface area contributed by atoms with E-state index in [0.717, 1.165) is 19.0 Å². The largest absolute Gasteiger partial charge is 0.310 e. The van der Waals surface area contributed by atoms with Crippen molar-refractivity contribution in [3.8, 4) is 0 Å². The molecule has 1 aromatic rings. The summed E-state index contributed by atoms with van der Waals surface area (Å²) in [5, 5.41) is 3.65. The lowest BCUT2D eigenvalue weighted by atomic mass is 9.93. The van der Waals surface area contributed by atoms with E-state index in [0.29, 0.717) is 16.5 Å². The predicted octanol–water partition coefficient (Wildman–Crippen LogP) is 4.85. The van der Waals surface area contributed by atoms with Crippen molar-refractivity contribution >= 4 is 11.6 Å². The maximum atomic E-state index is 13.4. The molecule has 1 aliphatic carbocycles. The Bertz CT molecular complexity index is 430. The third-order valence-electron chi connectivity index (χ3n) is 3.91. The van der Waals surface area contributed by atoms with E-state index in [4.69, 9.17) is 11.6 Å². The van der Waals surface area contributed by atoms with E-state index in [1.165, 1.54) is 31.7 Å². The zero-order valence-electron chi connectivity index (χ0n) is 11.2. The molecular formula is C15H20ClF2N. The molecule has 106 valence electrons. The van der Waals surface area contributed by atoms with Crippen LogP contribution in [0.1, 0.15) is 50.6 Å². The molecule has 1 nitrogen and oxygen atoms in total. The molecule has 2 rings (SSSR count). The molecule has 0 bridgehead atoms. The Kier molecular flexibility index (Phi) is 5.17. The third kappa shape index (κ3) is 3.67. The molecule has 19 heavy (non-hydrogen) atoms. The van der Waals surface area contributed by atoms with E-state index >= 15 is 0 Å². The standard InChI is InChI=1S/C15H20ClF2N/c1-2-19-15(7-10-5-3-4-6-10)11-8-13(17)14(18)9-12(11)16/h8-10,15,19H,2-7H2,1H3. The van der Waals surface area contributed by atoms with Crippen molar-refractivity contribution in [1.29, 1.82) is 0 Å². The quantitative estimate of drug-likeness (QED) is 0.764. The molecule has 0 aliphatic heterocycles. The van der Waals surface area contributed by atoms with Crippen molar-refractivity contribution < 1.29 is 8.78 Å². The Morgan fingerprint density at radius 3 is 2.53 bits per heavy atom. The monoisotopic (exact) mass is 287 g/mol. The van der Waals surface area contributed by atoms with Gasteiger partial charge in [0.15, 0.2) is 11.6 Å². The fraction of sp³-hybridized carbons (Fsp3) is 0.600. The highest BCUT2D eigenvalue weighted by atomic mass is 35.5. The summed E-state index contributed by atoms with van der Waals surface area (Å²) >= 11 is 6.07. The van der Waals surface area contributed by atoms with E-state index in [-0.39, 0.29) is 6.04 Å². The van der Waals surface area contributed by atoms with Gasteiger partial charge in [0.1, 0.15) is 0 Å². The summed E-state index contributed by atoms with van der Waals surface area (Å²) in [6.45, 7) is 2.79. The van der Waals surface area contributed by atoms with Gasteiger partial charge in [0, 0.05) is 11.1 Å². The fourth-order valence-corrected chi connectivity index (χ4v) is 3.23. The smallest absolute Gasteiger partial charge is 0.160 e. The minimum absolute atomic E-state index is 0.00991. The summed E-state index contributed by atoms with van der Waals surface area (Å²) < 4.78 is 26.5. The van der Waals surface area contributed by atoms with Crippen molar-refractivity contribution in [2.45, 2.75) is 45.1 Å². The van der Waals surface area contributed by atoms with Gasteiger partial charge in [0.2, 0.25) is 0 Å². The molecule has 4 heteroatoms. The molecule has 1 atom stereocenters. The van der Waals surface area contributed by atoms with Crippen molar-refractivity contribution in [1.82, 2.24) is 5.32 Å². The molecule has 1 aliphatic rings. The summed E-state index contributed by atoms with van der Waals surface area (Å²) in [4.78, 5) is 0. The average molecular weight is 288 g/mol. The van der Waals surface area contributed by atoms with Crippen molar-refractivity contribution in [2.24, 2.45) is 5.92 Å². The van der Waals surface area contributed by atoms with Crippen LogP contribution in [0.3, 0.4) is 0 Å². The van der Waals surface area contributed by atoms with Gasteiger partial charge in [-0.15, -0.1) is 0 Å². The zero-order chi connectivity index (χ0) is 13.8. The van der Waals surface area contributed by atoms with Crippen LogP contribution in [0.2, 0.25) is 5.02 Å². The van der Waals surface area contributed by atoms with Gasteiger partial charge in [-0.3, -0.25) is 0 Å². The van der Waals surface area contributed by atoms with Crippen LogP contribution >= 0.6 is 11.6 Å². The fourth-order valence-electron chi connectivity index (χ4n) is 2.95. The van der Waals surface area contributed by atoms with Gasteiger partial charge in [0.25, 0.3) is 0 Å². The number of halogens is 3. The molecule has 0 aromatic heterocycles. The lowest BCUT2D eigenvalue weighted by molar-refractivity contribution is 0.398. The minimum atomic E-state index is -0.884. The van der Waals surface area contributed by atoms with E-state index in [2.05, 4.69) is 5.32 Å². The average Bonchev–Trinajstić information content (AvgIpc) is 2.86. The second-order valence-electron chi connectivity index (χ2n) is 5.28. The van der Waals surface area contributed by atoms with Gasteiger partial charge >= 0.3 is 0 Å². The molecule has 0 saturated heterocycles. The summed E-state index contributed by atoms with van der Waals surface area (Å²) in [6.07, 6.45) is 5.94. The van der Waals surface area contributed by atoms with Crippen molar-refractivity contribution in [3.05, 3.63) is 34.4 Å². The second-order valence-corrected chi connectivity index (χ2v) is 5.69. The van der Waals surface area contributed by atoms with Crippen molar-refractivity contribution in [2.75, 3.05) is 6.54 Å². The SMILES string of the molecule is CCNC(CC1CCCC1)c1cc(F)c(F)cc1Cl. The number of hydrogen-bond donors (Lipinski definition) is 1. The van der Waals surface area contributed by atoms with Gasteiger partial charge in [-0.1, -0.05) is 44.2 Å². The Labute approximate surface area is 118 Å². The van der Waals surface area contributed by atoms with Crippen LogP contribution in [0.15, 0.2) is 12.1 Å². The first-order valence-corrected chi connectivity index (χ1v) is 7.37. The molecule has 0 heterocycles. The zero-order valence-corrected chi connectivity index (χ0v) is 11.9. The van der Waals surface area contributed by atoms with Gasteiger partial charge in [-0.2, -0.15) is 0 Å². The first kappa shape index (κ1) is 14.7. The van der Waals surface area contributed by atoms with Crippen LogP contribution in [0.25, 0.3) is 0 Å². The van der Waals surface area contributed by atoms with E-state index in [1.54, 1.807) is 0 Å². The Morgan fingerprint density at radius 1 is 1.26 bits per heavy atom. The molecule has 1 saturated carbocycles. The lowest BCUT2D eigenvalue weighted by Gasteiger charge is -2.23. The predicted molar refractivity (Wildman–Crippen MR) is 74.4 cm³/mol. The maximum absolute atomic E-state index is 13.4. The van der Waals surface area contributed by atoms with Crippen LogP contribution < -0.4 is 5.32 Å². The molecule has 1 aromatic carbocycles. The first-order valence-electron chi connectivity index (χ1n) is 6.99. The van der Waals surface area contributed by atoms with Crippen LogP contribution in [0, 0.1) is 17.6 Å². The summed E-state index contributed by atoms with van der Waals surface area (Å²) in [6, 6.07) is 2.32. The highest BCUT2D eigenvalue weighted by Crippen LogP contribution is 2.35. The highest BCUT2D eigenvalue weighted by Gasteiger charge is 2.23. The van der Waals surface area contributed by atoms with Gasteiger partial charge in [-0.05, 0) is 36.6 Å². The Hall–Kier alpha value is -0.670. The third-order valence-corrected chi connectivity index (χ3v) is 4.24. The van der Waals surface area contributed by atoms with Gasteiger partial charge in [0.05, 0.1) is 0 Å². The molecule has 0 spiro atoms. The topological polar surface area (TPSA) is 12.0 Å². The van der Waals surface area contributed by atoms with Crippen LogP contribution in [-0.2, 0) is 0 Å². The highest BCUT2D eigenvalue weighted by molar-refractivity contribution is 6.31. The van der Waals surface area contributed by atoms with Crippen LogP contribution in [-0.4, -0.2) is 6.54 Å². The minimum Gasteiger partial charge on any atom is -0.310 e.